The van der Waals surface area contributed by atoms with Gasteiger partial charge >= 0.3 is 11.9 Å². The van der Waals surface area contributed by atoms with E-state index >= 15 is 0 Å². The molecule has 0 atom stereocenters. The number of cyclic esters (lactones) is 1. The predicted octanol–water partition coefficient (Wildman–Crippen LogP) is 5.42. The molecule has 0 saturated carbocycles. The van der Waals surface area contributed by atoms with Crippen LogP contribution in [0.25, 0.3) is 6.08 Å². The first-order valence-corrected chi connectivity index (χ1v) is 9.40. The zero-order valence-corrected chi connectivity index (χ0v) is 17.1. The van der Waals surface area contributed by atoms with Gasteiger partial charge in [-0.15, -0.1) is 0 Å². The minimum absolute atomic E-state index is 0.0583. The van der Waals surface area contributed by atoms with E-state index in [9.17, 15) is 9.59 Å². The predicted molar refractivity (Wildman–Crippen MR) is 107 cm³/mol. The van der Waals surface area contributed by atoms with Crippen molar-refractivity contribution < 1.29 is 19.1 Å². The average molecular weight is 469 g/mol. The van der Waals surface area contributed by atoms with Crippen LogP contribution in [0.15, 0.2) is 51.6 Å². The van der Waals surface area contributed by atoms with E-state index in [2.05, 4.69) is 20.9 Å². The minimum Gasteiger partial charge on any atom is -0.426 e. The van der Waals surface area contributed by atoms with Crippen LogP contribution in [0.4, 0.5) is 0 Å². The maximum absolute atomic E-state index is 12.2. The Hall–Kier alpha value is -2.15. The van der Waals surface area contributed by atoms with E-state index < -0.39 is 5.97 Å². The Morgan fingerprint density at radius 3 is 2.74 bits per heavy atom. The number of aliphatic imine (C=N–C) groups is 1. The van der Waals surface area contributed by atoms with Crippen molar-refractivity contribution in [1.82, 2.24) is 0 Å². The summed E-state index contributed by atoms with van der Waals surface area (Å²) in [6.45, 7) is 1.69. The summed E-state index contributed by atoms with van der Waals surface area (Å²) in [5, 5.41) is 0.774. The van der Waals surface area contributed by atoms with Crippen molar-refractivity contribution in [2.45, 2.75) is 13.3 Å². The molecule has 0 spiro atoms. The molecule has 0 amide bonds. The van der Waals surface area contributed by atoms with Crippen LogP contribution in [0.1, 0.15) is 24.5 Å². The zero-order chi connectivity index (χ0) is 19.6. The number of ether oxygens (including phenoxy) is 2. The fourth-order valence-corrected chi connectivity index (χ4v) is 3.12. The van der Waals surface area contributed by atoms with E-state index in [1.165, 1.54) is 12.1 Å². The van der Waals surface area contributed by atoms with Crippen LogP contribution < -0.4 is 4.74 Å². The summed E-state index contributed by atoms with van der Waals surface area (Å²) in [6, 6.07) is 9.85. The highest BCUT2D eigenvalue weighted by molar-refractivity contribution is 9.10. The highest BCUT2D eigenvalue weighted by Gasteiger charge is 2.26. The number of hydrogen-bond acceptors (Lipinski definition) is 5. The van der Waals surface area contributed by atoms with Crippen LogP contribution in [0.3, 0.4) is 0 Å². The second kappa shape index (κ2) is 8.25. The van der Waals surface area contributed by atoms with E-state index in [4.69, 9.17) is 32.7 Å². The molecular formula is C19H12BrCl2NO4. The molecule has 0 bridgehead atoms. The fraction of sp³-hybridized carbons (Fsp3) is 0.105. The lowest BCUT2D eigenvalue weighted by atomic mass is 10.1. The van der Waals surface area contributed by atoms with E-state index in [0.717, 1.165) is 4.47 Å². The largest absolute Gasteiger partial charge is 0.426 e. The average Bonchev–Trinajstić information content (AvgIpc) is 2.97. The molecule has 0 N–H and O–H groups in total. The van der Waals surface area contributed by atoms with E-state index in [1.54, 1.807) is 37.3 Å². The zero-order valence-electron chi connectivity index (χ0n) is 14.0. The Morgan fingerprint density at radius 2 is 2.04 bits per heavy atom. The van der Waals surface area contributed by atoms with Gasteiger partial charge in [-0.05, 0) is 42.5 Å². The third-order valence-corrected chi connectivity index (χ3v) is 4.60. The molecule has 0 saturated heterocycles. The van der Waals surface area contributed by atoms with E-state index in [0.29, 0.717) is 26.9 Å². The highest BCUT2D eigenvalue weighted by Crippen LogP contribution is 2.29. The van der Waals surface area contributed by atoms with Crippen LogP contribution in [-0.2, 0) is 14.3 Å². The van der Waals surface area contributed by atoms with Crippen molar-refractivity contribution >= 4 is 63.0 Å². The first-order valence-electron chi connectivity index (χ1n) is 7.85. The number of hydrogen-bond donors (Lipinski definition) is 0. The first kappa shape index (κ1) is 19.6. The monoisotopic (exact) mass is 467 g/mol. The summed E-state index contributed by atoms with van der Waals surface area (Å²) in [6.07, 6.45) is 1.72. The maximum atomic E-state index is 12.2. The van der Waals surface area contributed by atoms with Gasteiger partial charge in [-0.25, -0.2) is 9.79 Å². The van der Waals surface area contributed by atoms with Gasteiger partial charge in [0.2, 0.25) is 5.90 Å². The molecule has 3 rings (SSSR count). The third-order valence-electron chi connectivity index (χ3n) is 3.56. The number of halogens is 3. The van der Waals surface area contributed by atoms with Gasteiger partial charge in [-0.3, -0.25) is 4.79 Å². The van der Waals surface area contributed by atoms with Crippen LogP contribution in [-0.4, -0.2) is 17.8 Å². The second-order valence-electron chi connectivity index (χ2n) is 5.47. The third kappa shape index (κ3) is 4.58. The number of esters is 2. The lowest BCUT2D eigenvalue weighted by Crippen LogP contribution is -2.07. The van der Waals surface area contributed by atoms with Crippen LogP contribution in [0.5, 0.6) is 5.75 Å². The van der Waals surface area contributed by atoms with E-state index in [-0.39, 0.29) is 24.0 Å². The van der Waals surface area contributed by atoms with Gasteiger partial charge in [-0.2, -0.15) is 0 Å². The molecule has 1 heterocycles. The van der Waals surface area contributed by atoms with Crippen molar-refractivity contribution in [2.24, 2.45) is 4.99 Å². The summed E-state index contributed by atoms with van der Waals surface area (Å²) in [5.41, 5.74) is 1.01. The smallest absolute Gasteiger partial charge is 0.363 e. The molecule has 27 heavy (non-hydrogen) atoms. The van der Waals surface area contributed by atoms with Crippen molar-refractivity contribution in [3.05, 3.63) is 67.7 Å². The van der Waals surface area contributed by atoms with Gasteiger partial charge in [0.15, 0.2) is 5.70 Å². The highest BCUT2D eigenvalue weighted by atomic mass is 79.9. The molecule has 138 valence electrons. The van der Waals surface area contributed by atoms with Crippen molar-refractivity contribution in [2.75, 3.05) is 0 Å². The van der Waals surface area contributed by atoms with Crippen LogP contribution in [0.2, 0.25) is 10.0 Å². The molecule has 1 aliphatic rings. The Kier molecular flexibility index (Phi) is 5.99. The molecule has 8 heteroatoms. The molecule has 0 aliphatic carbocycles. The summed E-state index contributed by atoms with van der Waals surface area (Å²) >= 11 is 15.4. The van der Waals surface area contributed by atoms with Crippen molar-refractivity contribution in [1.29, 1.82) is 0 Å². The molecule has 1 aliphatic heterocycles. The Bertz CT molecular complexity index is 1000. The molecule has 0 unspecified atom stereocenters. The lowest BCUT2D eigenvalue weighted by molar-refractivity contribution is -0.134. The number of nitrogens with zero attached hydrogens (tertiary/aromatic N) is 1. The molecular weight excluding hydrogens is 457 g/mol. The summed E-state index contributed by atoms with van der Waals surface area (Å²) in [7, 11) is 0. The lowest BCUT2D eigenvalue weighted by Gasteiger charge is -2.07. The molecule has 0 radical (unpaired) electrons. The summed E-state index contributed by atoms with van der Waals surface area (Å²) in [4.78, 5) is 28.1. The normalized spacial score (nSPS) is 14.9. The molecule has 0 aromatic heterocycles. The molecule has 2 aromatic carbocycles. The van der Waals surface area contributed by atoms with Crippen LogP contribution >= 0.6 is 39.1 Å². The number of rotatable bonds is 4. The van der Waals surface area contributed by atoms with Gasteiger partial charge in [0, 0.05) is 21.5 Å². The number of carbonyl (C=O) groups excluding carboxylic acids is 2. The quantitative estimate of drug-likeness (QED) is 0.341. The fourth-order valence-electron chi connectivity index (χ4n) is 2.25. The van der Waals surface area contributed by atoms with Gasteiger partial charge in [-0.1, -0.05) is 46.1 Å². The Labute approximate surface area is 173 Å². The van der Waals surface area contributed by atoms with Gasteiger partial charge in [0.05, 0.1) is 10.6 Å². The van der Waals surface area contributed by atoms with Gasteiger partial charge in [0.25, 0.3) is 0 Å². The summed E-state index contributed by atoms with van der Waals surface area (Å²) in [5.74, 6) is -0.625. The number of carbonyl (C=O) groups is 2. The Morgan fingerprint density at radius 1 is 1.26 bits per heavy atom. The van der Waals surface area contributed by atoms with Crippen molar-refractivity contribution in [3.8, 4) is 5.75 Å². The van der Waals surface area contributed by atoms with Gasteiger partial charge in [0.1, 0.15) is 5.75 Å². The number of benzene rings is 2. The van der Waals surface area contributed by atoms with Crippen molar-refractivity contribution in [3.63, 3.8) is 0 Å². The van der Waals surface area contributed by atoms with Gasteiger partial charge < -0.3 is 9.47 Å². The standard InChI is InChI=1S/C19H12BrCl2NO4/c1-2-17(24)26-16-6-3-11(20)7-10(16)8-15-19(25)27-18(23-15)13-5-4-12(21)9-14(13)22/h3-9H,2H2,1H3/b15-8-. The Balaban J connectivity index is 1.99. The van der Waals surface area contributed by atoms with Crippen LogP contribution in [0, 0.1) is 0 Å². The minimum atomic E-state index is -0.635. The molecule has 2 aromatic rings. The second-order valence-corrected chi connectivity index (χ2v) is 7.23. The molecule has 0 fully saturated rings. The maximum Gasteiger partial charge on any atom is 0.363 e. The topological polar surface area (TPSA) is 65.0 Å². The SMILES string of the molecule is CCC(=O)Oc1ccc(Br)cc1/C=C1\N=C(c2ccc(Cl)cc2Cl)OC1=O. The first-order chi connectivity index (χ1) is 12.9. The van der Waals surface area contributed by atoms with E-state index in [1.807, 2.05) is 0 Å². The summed E-state index contributed by atoms with van der Waals surface area (Å²) < 4.78 is 11.3. The molecule has 5 nitrogen and oxygen atoms in total.